The third-order valence-electron chi connectivity index (χ3n) is 5.70. The van der Waals surface area contributed by atoms with Crippen molar-refractivity contribution in [3.05, 3.63) is 29.7 Å². The lowest BCUT2D eigenvalue weighted by atomic mass is 10.0. The molecule has 34 heavy (non-hydrogen) atoms. The minimum atomic E-state index is -1.23. The van der Waals surface area contributed by atoms with E-state index < -0.39 is 11.0 Å². The standard InChI is InChI=1S/C24H34N6O3S/c1-14(2)30-23(25-16(4)27-30)19-13-29-9-10-33-21-12-20(32-8)17(11-18(21)22(29)26-19)15(3)28-34(31)24(5,6)7/h11-15,28H,9-10H2,1-8H3. The van der Waals surface area contributed by atoms with Gasteiger partial charge in [0.2, 0.25) is 0 Å². The molecule has 184 valence electrons. The molecule has 2 atom stereocenters. The highest BCUT2D eigenvalue weighted by atomic mass is 32.2. The number of nitrogens with zero attached hydrogens (tertiary/aromatic N) is 5. The molecule has 0 saturated heterocycles. The Balaban J connectivity index is 1.80. The lowest BCUT2D eigenvalue weighted by molar-refractivity contribution is 0.304. The SMILES string of the molecule is COc1cc2c(cc1C(C)NS(=O)C(C)(C)C)-c1nc(-c3nc(C)nn3C(C)C)cn1CCO2. The maximum atomic E-state index is 12.7. The molecule has 1 aromatic carbocycles. The Hall–Kier alpha value is -2.72. The number of aryl methyl sites for hydroxylation is 1. The van der Waals surface area contributed by atoms with Crippen molar-refractivity contribution in [2.45, 2.75) is 71.8 Å². The van der Waals surface area contributed by atoms with E-state index in [0.29, 0.717) is 24.7 Å². The number of benzene rings is 1. The molecular weight excluding hydrogens is 452 g/mol. The average molecular weight is 487 g/mol. The largest absolute Gasteiger partial charge is 0.496 e. The van der Waals surface area contributed by atoms with Gasteiger partial charge < -0.3 is 14.0 Å². The van der Waals surface area contributed by atoms with Crippen LogP contribution in [0.5, 0.6) is 11.5 Å². The van der Waals surface area contributed by atoms with E-state index in [1.807, 2.05) is 57.6 Å². The van der Waals surface area contributed by atoms with Gasteiger partial charge in [0.25, 0.3) is 0 Å². The van der Waals surface area contributed by atoms with Crippen molar-refractivity contribution < 1.29 is 13.7 Å². The normalized spacial score (nSPS) is 15.3. The van der Waals surface area contributed by atoms with E-state index in [1.54, 1.807) is 7.11 Å². The van der Waals surface area contributed by atoms with Crippen LogP contribution in [0.1, 0.15) is 65.0 Å². The van der Waals surface area contributed by atoms with Gasteiger partial charge in [-0.2, -0.15) is 5.10 Å². The molecule has 0 spiro atoms. The molecular formula is C24H34N6O3S. The van der Waals surface area contributed by atoms with Crippen LogP contribution in [0.15, 0.2) is 18.3 Å². The molecule has 0 amide bonds. The van der Waals surface area contributed by atoms with E-state index in [2.05, 4.69) is 33.2 Å². The molecule has 3 aromatic rings. The highest BCUT2D eigenvalue weighted by molar-refractivity contribution is 7.84. The molecule has 1 aliphatic rings. The summed E-state index contributed by atoms with van der Waals surface area (Å²) in [6, 6.07) is 3.88. The number of aromatic nitrogens is 5. The van der Waals surface area contributed by atoms with Gasteiger partial charge in [-0.3, -0.25) is 0 Å². The fourth-order valence-corrected chi connectivity index (χ4v) is 4.72. The Labute approximate surface area is 203 Å². The van der Waals surface area contributed by atoms with Crippen molar-refractivity contribution in [2.24, 2.45) is 0 Å². The molecule has 2 aromatic heterocycles. The first kappa shape index (κ1) is 24.4. The van der Waals surface area contributed by atoms with Gasteiger partial charge in [-0.05, 0) is 54.5 Å². The van der Waals surface area contributed by atoms with Crippen molar-refractivity contribution in [2.75, 3.05) is 13.7 Å². The summed E-state index contributed by atoms with van der Waals surface area (Å²) in [6.45, 7) is 15.0. The number of methoxy groups -OCH3 is 1. The van der Waals surface area contributed by atoms with E-state index in [-0.39, 0.29) is 16.8 Å². The van der Waals surface area contributed by atoms with Crippen molar-refractivity contribution in [3.8, 4) is 34.4 Å². The predicted molar refractivity (Wildman–Crippen MR) is 133 cm³/mol. The van der Waals surface area contributed by atoms with E-state index in [1.165, 1.54) is 0 Å². The number of imidazole rings is 1. The van der Waals surface area contributed by atoms with Crippen LogP contribution in [-0.4, -0.2) is 47.0 Å². The molecule has 1 N–H and O–H groups in total. The smallest absolute Gasteiger partial charge is 0.178 e. The maximum absolute atomic E-state index is 12.7. The van der Waals surface area contributed by atoms with Crippen LogP contribution >= 0.6 is 0 Å². The molecule has 3 heterocycles. The second-order valence-electron chi connectivity index (χ2n) is 9.82. The average Bonchev–Trinajstić information content (AvgIpc) is 3.32. The van der Waals surface area contributed by atoms with E-state index in [4.69, 9.17) is 14.5 Å². The van der Waals surface area contributed by atoms with Crippen LogP contribution in [0.2, 0.25) is 0 Å². The number of hydrogen-bond donors (Lipinski definition) is 1. The van der Waals surface area contributed by atoms with Crippen LogP contribution in [0.25, 0.3) is 22.9 Å². The number of hydrogen-bond acceptors (Lipinski definition) is 6. The van der Waals surface area contributed by atoms with Gasteiger partial charge in [0, 0.05) is 29.9 Å². The Kier molecular flexibility index (Phi) is 6.56. The van der Waals surface area contributed by atoms with Crippen LogP contribution in [-0.2, 0) is 17.5 Å². The third kappa shape index (κ3) is 4.61. The molecule has 0 saturated carbocycles. The zero-order chi connectivity index (χ0) is 24.8. The van der Waals surface area contributed by atoms with Crippen LogP contribution in [0.4, 0.5) is 0 Å². The summed E-state index contributed by atoms with van der Waals surface area (Å²) in [4.78, 5) is 9.61. The van der Waals surface area contributed by atoms with Crippen molar-refractivity contribution in [1.29, 1.82) is 0 Å². The maximum Gasteiger partial charge on any atom is 0.178 e. The van der Waals surface area contributed by atoms with Crippen molar-refractivity contribution in [3.63, 3.8) is 0 Å². The Morgan fingerprint density at radius 3 is 2.56 bits per heavy atom. The van der Waals surface area contributed by atoms with Gasteiger partial charge in [-0.15, -0.1) is 0 Å². The molecule has 2 unspecified atom stereocenters. The Bertz CT molecular complexity index is 1220. The van der Waals surface area contributed by atoms with Crippen LogP contribution in [0.3, 0.4) is 0 Å². The second kappa shape index (κ2) is 9.14. The van der Waals surface area contributed by atoms with E-state index in [0.717, 1.165) is 34.3 Å². The molecule has 10 heteroatoms. The zero-order valence-electron chi connectivity index (χ0n) is 21.2. The lowest BCUT2D eigenvalue weighted by Crippen LogP contribution is -2.34. The first-order valence-corrected chi connectivity index (χ1v) is 12.7. The minimum Gasteiger partial charge on any atom is -0.496 e. The number of nitrogens with one attached hydrogen (secondary N) is 1. The van der Waals surface area contributed by atoms with Gasteiger partial charge in [-0.25, -0.2) is 23.6 Å². The number of fused-ring (bicyclic) bond motifs is 3. The fraction of sp³-hybridized carbons (Fsp3) is 0.542. The van der Waals surface area contributed by atoms with Crippen LogP contribution in [0, 0.1) is 6.92 Å². The topological polar surface area (TPSA) is 96.1 Å². The quantitative estimate of drug-likeness (QED) is 0.561. The fourth-order valence-electron chi connectivity index (χ4n) is 3.92. The van der Waals surface area contributed by atoms with Crippen LogP contribution < -0.4 is 14.2 Å². The summed E-state index contributed by atoms with van der Waals surface area (Å²) < 4.78 is 31.3. The second-order valence-corrected chi connectivity index (χ2v) is 11.8. The minimum absolute atomic E-state index is 0.166. The summed E-state index contributed by atoms with van der Waals surface area (Å²) in [5.41, 5.74) is 2.53. The van der Waals surface area contributed by atoms with Gasteiger partial charge in [0.15, 0.2) is 5.82 Å². The van der Waals surface area contributed by atoms with E-state index >= 15 is 0 Å². The lowest BCUT2D eigenvalue weighted by Gasteiger charge is -2.24. The molecule has 1 aliphatic heterocycles. The molecule has 0 radical (unpaired) electrons. The first-order chi connectivity index (χ1) is 16.0. The Morgan fingerprint density at radius 1 is 1.18 bits per heavy atom. The summed E-state index contributed by atoms with van der Waals surface area (Å²) in [5.74, 6) is 3.66. The monoisotopic (exact) mass is 486 g/mol. The van der Waals surface area contributed by atoms with Gasteiger partial charge in [-0.1, -0.05) is 0 Å². The number of ether oxygens (including phenoxy) is 2. The number of rotatable bonds is 6. The Morgan fingerprint density at radius 2 is 1.91 bits per heavy atom. The summed E-state index contributed by atoms with van der Waals surface area (Å²) in [5, 5.41) is 4.54. The molecule has 0 aliphatic carbocycles. The molecule has 9 nitrogen and oxygen atoms in total. The molecule has 0 fully saturated rings. The summed E-state index contributed by atoms with van der Waals surface area (Å²) in [6.07, 6.45) is 2.01. The predicted octanol–water partition coefficient (Wildman–Crippen LogP) is 4.21. The highest BCUT2D eigenvalue weighted by Gasteiger charge is 2.27. The summed E-state index contributed by atoms with van der Waals surface area (Å²) >= 11 is 0. The van der Waals surface area contributed by atoms with Crippen molar-refractivity contribution in [1.82, 2.24) is 29.0 Å². The molecule has 4 rings (SSSR count). The van der Waals surface area contributed by atoms with Gasteiger partial charge >= 0.3 is 0 Å². The van der Waals surface area contributed by atoms with Crippen molar-refractivity contribution >= 4 is 11.0 Å². The zero-order valence-corrected chi connectivity index (χ0v) is 22.0. The first-order valence-electron chi connectivity index (χ1n) is 11.5. The summed E-state index contributed by atoms with van der Waals surface area (Å²) in [7, 11) is 0.405. The highest BCUT2D eigenvalue weighted by Crippen LogP contribution is 2.40. The molecule has 0 bridgehead atoms. The van der Waals surface area contributed by atoms with Gasteiger partial charge in [0.1, 0.15) is 35.4 Å². The van der Waals surface area contributed by atoms with E-state index in [9.17, 15) is 4.21 Å². The third-order valence-corrected chi connectivity index (χ3v) is 7.38. The van der Waals surface area contributed by atoms with Gasteiger partial charge in [0.05, 0.1) is 35.0 Å².